The molecule has 26 heavy (non-hydrogen) atoms. The summed E-state index contributed by atoms with van der Waals surface area (Å²) in [5, 5.41) is 5.19. The second-order valence-corrected chi connectivity index (χ2v) is 7.70. The summed E-state index contributed by atoms with van der Waals surface area (Å²) >= 11 is 1.69. The number of hydrogen-bond donors (Lipinski definition) is 1. The first-order valence-electron chi connectivity index (χ1n) is 9.00. The van der Waals surface area contributed by atoms with Crippen LogP contribution in [0.4, 0.5) is 4.39 Å². The van der Waals surface area contributed by atoms with Crippen LogP contribution in [0, 0.1) is 5.82 Å². The Morgan fingerprint density at radius 3 is 2.81 bits per heavy atom. The zero-order valence-corrected chi connectivity index (χ0v) is 15.9. The monoisotopic (exact) mass is 376 g/mol. The zero-order valence-electron chi connectivity index (χ0n) is 15.0. The van der Waals surface area contributed by atoms with Gasteiger partial charge in [0.2, 0.25) is 5.91 Å². The number of nitrogens with zero attached hydrogens (tertiary/aromatic N) is 1. The van der Waals surface area contributed by atoms with E-state index in [2.05, 4.69) is 16.3 Å². The molecular weight excluding hydrogens is 351 g/mol. The molecule has 2 aromatic rings. The molecule has 1 aromatic carbocycles. The summed E-state index contributed by atoms with van der Waals surface area (Å²) in [6, 6.07) is 9.44. The standard InChI is InChI=1S/C20H25FN2O2S/c1-25-19-6-4-15(13-18(19)21)14-23-10-8-16(9-11-23)22-20(24)7-5-17-3-2-12-26-17/h2-4,6,12-13,16H,5,7-11,14H2,1H3,(H,22,24). The van der Waals surface area contributed by atoms with Gasteiger partial charge in [-0.25, -0.2) is 4.39 Å². The van der Waals surface area contributed by atoms with Crippen LogP contribution in [0.25, 0.3) is 0 Å². The van der Waals surface area contributed by atoms with Crippen LogP contribution in [0.5, 0.6) is 5.75 Å². The van der Waals surface area contributed by atoms with E-state index in [-0.39, 0.29) is 23.5 Å². The van der Waals surface area contributed by atoms with E-state index in [0.29, 0.717) is 6.42 Å². The molecule has 0 atom stereocenters. The SMILES string of the molecule is COc1ccc(CN2CCC(NC(=O)CCc3cccs3)CC2)cc1F. The van der Waals surface area contributed by atoms with Gasteiger partial charge in [0, 0.05) is 37.0 Å². The van der Waals surface area contributed by atoms with E-state index < -0.39 is 0 Å². The number of halogens is 1. The molecule has 0 radical (unpaired) electrons. The number of carbonyl (C=O) groups excluding carboxylic acids is 1. The van der Waals surface area contributed by atoms with Crippen LogP contribution < -0.4 is 10.1 Å². The number of ether oxygens (including phenoxy) is 1. The van der Waals surface area contributed by atoms with Gasteiger partial charge in [-0.3, -0.25) is 9.69 Å². The van der Waals surface area contributed by atoms with Crippen molar-refractivity contribution >= 4 is 17.2 Å². The van der Waals surface area contributed by atoms with E-state index in [1.807, 2.05) is 17.5 Å². The molecule has 0 aliphatic carbocycles. The van der Waals surface area contributed by atoms with Gasteiger partial charge in [0.1, 0.15) is 0 Å². The van der Waals surface area contributed by atoms with E-state index in [0.717, 1.165) is 44.5 Å². The molecular formula is C20H25FN2O2S. The summed E-state index contributed by atoms with van der Waals surface area (Å²) in [6.07, 6.45) is 3.23. The molecule has 0 spiro atoms. The number of nitrogens with one attached hydrogen (secondary N) is 1. The van der Waals surface area contributed by atoms with Crippen molar-refractivity contribution in [3.05, 3.63) is 52.0 Å². The number of benzene rings is 1. The van der Waals surface area contributed by atoms with Gasteiger partial charge >= 0.3 is 0 Å². The Balaban J connectivity index is 1.39. The van der Waals surface area contributed by atoms with Crippen LogP contribution in [0.1, 0.15) is 29.7 Å². The zero-order chi connectivity index (χ0) is 18.4. The van der Waals surface area contributed by atoms with Crippen molar-refractivity contribution in [1.82, 2.24) is 10.2 Å². The fraction of sp³-hybridized carbons (Fsp3) is 0.450. The average molecular weight is 376 g/mol. The van der Waals surface area contributed by atoms with Crippen molar-refractivity contribution < 1.29 is 13.9 Å². The van der Waals surface area contributed by atoms with Crippen molar-refractivity contribution in [2.45, 2.75) is 38.3 Å². The van der Waals surface area contributed by atoms with Gasteiger partial charge in [-0.1, -0.05) is 12.1 Å². The molecule has 1 fully saturated rings. The third-order valence-corrected chi connectivity index (χ3v) is 5.69. The molecule has 1 aliphatic rings. The van der Waals surface area contributed by atoms with Gasteiger partial charge in [-0.15, -0.1) is 11.3 Å². The Morgan fingerprint density at radius 2 is 2.15 bits per heavy atom. The van der Waals surface area contributed by atoms with Crippen molar-refractivity contribution in [3.8, 4) is 5.75 Å². The number of thiophene rings is 1. The van der Waals surface area contributed by atoms with Gasteiger partial charge in [0.05, 0.1) is 7.11 Å². The summed E-state index contributed by atoms with van der Waals surface area (Å²) in [5.41, 5.74) is 0.946. The number of likely N-dealkylation sites (tertiary alicyclic amines) is 1. The molecule has 2 heterocycles. The van der Waals surface area contributed by atoms with Gasteiger partial charge in [-0.05, 0) is 48.4 Å². The number of hydrogen-bond acceptors (Lipinski definition) is 4. The quantitative estimate of drug-likeness (QED) is 0.803. The molecule has 1 aliphatic heterocycles. The smallest absolute Gasteiger partial charge is 0.220 e. The van der Waals surface area contributed by atoms with Crippen molar-refractivity contribution in [3.63, 3.8) is 0 Å². The lowest BCUT2D eigenvalue weighted by atomic mass is 10.0. The van der Waals surface area contributed by atoms with E-state index in [4.69, 9.17) is 4.74 Å². The molecule has 0 bridgehead atoms. The number of carbonyl (C=O) groups is 1. The normalized spacial score (nSPS) is 15.8. The van der Waals surface area contributed by atoms with E-state index >= 15 is 0 Å². The maximum absolute atomic E-state index is 13.8. The van der Waals surface area contributed by atoms with Crippen LogP contribution in [-0.4, -0.2) is 37.0 Å². The molecule has 6 heteroatoms. The summed E-state index contributed by atoms with van der Waals surface area (Å²) in [4.78, 5) is 15.7. The van der Waals surface area contributed by atoms with E-state index in [1.54, 1.807) is 17.4 Å². The number of piperidine rings is 1. The number of amides is 1. The molecule has 1 saturated heterocycles. The summed E-state index contributed by atoms with van der Waals surface area (Å²) in [5.74, 6) is 0.0877. The fourth-order valence-electron chi connectivity index (χ4n) is 3.29. The minimum Gasteiger partial charge on any atom is -0.494 e. The highest BCUT2D eigenvalue weighted by Crippen LogP contribution is 2.20. The second kappa shape index (κ2) is 9.14. The van der Waals surface area contributed by atoms with E-state index in [1.165, 1.54) is 18.1 Å². The Hall–Kier alpha value is -1.92. The number of aryl methyl sites for hydroxylation is 1. The number of rotatable bonds is 7. The molecule has 1 amide bonds. The highest BCUT2D eigenvalue weighted by atomic mass is 32.1. The lowest BCUT2D eigenvalue weighted by Gasteiger charge is -2.32. The van der Waals surface area contributed by atoms with Crippen molar-refractivity contribution in [2.24, 2.45) is 0 Å². The predicted molar refractivity (Wildman–Crippen MR) is 102 cm³/mol. The average Bonchev–Trinajstić information content (AvgIpc) is 3.15. The molecule has 4 nitrogen and oxygen atoms in total. The first-order valence-corrected chi connectivity index (χ1v) is 9.88. The highest BCUT2D eigenvalue weighted by molar-refractivity contribution is 7.09. The minimum atomic E-state index is -0.321. The molecule has 0 unspecified atom stereocenters. The Morgan fingerprint density at radius 1 is 1.35 bits per heavy atom. The molecule has 140 valence electrons. The largest absolute Gasteiger partial charge is 0.494 e. The molecule has 0 saturated carbocycles. The Kier molecular flexibility index (Phi) is 6.63. The first kappa shape index (κ1) is 18.9. The number of methoxy groups -OCH3 is 1. The summed E-state index contributed by atoms with van der Waals surface area (Å²) < 4.78 is 18.8. The van der Waals surface area contributed by atoms with Crippen LogP contribution in [0.15, 0.2) is 35.7 Å². The topological polar surface area (TPSA) is 41.6 Å². The third kappa shape index (κ3) is 5.29. The summed E-state index contributed by atoms with van der Waals surface area (Å²) in [7, 11) is 1.47. The van der Waals surface area contributed by atoms with Gasteiger partial charge < -0.3 is 10.1 Å². The van der Waals surface area contributed by atoms with Crippen LogP contribution >= 0.6 is 11.3 Å². The minimum absolute atomic E-state index is 0.133. The van der Waals surface area contributed by atoms with Crippen LogP contribution in [0.3, 0.4) is 0 Å². The van der Waals surface area contributed by atoms with E-state index in [9.17, 15) is 9.18 Å². The van der Waals surface area contributed by atoms with Gasteiger partial charge in [0.15, 0.2) is 11.6 Å². The highest BCUT2D eigenvalue weighted by Gasteiger charge is 2.21. The van der Waals surface area contributed by atoms with Gasteiger partial charge in [-0.2, -0.15) is 0 Å². The Bertz CT molecular complexity index is 713. The van der Waals surface area contributed by atoms with Crippen LogP contribution in [-0.2, 0) is 17.8 Å². The predicted octanol–water partition coefficient (Wildman–Crippen LogP) is 3.61. The van der Waals surface area contributed by atoms with Crippen LogP contribution in [0.2, 0.25) is 0 Å². The third-order valence-electron chi connectivity index (χ3n) is 4.75. The molecule has 1 aromatic heterocycles. The summed E-state index contributed by atoms with van der Waals surface area (Å²) in [6.45, 7) is 2.53. The second-order valence-electron chi connectivity index (χ2n) is 6.67. The van der Waals surface area contributed by atoms with Crippen molar-refractivity contribution in [2.75, 3.05) is 20.2 Å². The molecule has 3 rings (SSSR count). The van der Waals surface area contributed by atoms with Gasteiger partial charge in [0.25, 0.3) is 0 Å². The maximum atomic E-state index is 13.8. The Labute approximate surface area is 158 Å². The lowest BCUT2D eigenvalue weighted by Crippen LogP contribution is -2.44. The lowest BCUT2D eigenvalue weighted by molar-refractivity contribution is -0.122. The first-order chi connectivity index (χ1) is 12.6. The van der Waals surface area contributed by atoms with Crippen molar-refractivity contribution in [1.29, 1.82) is 0 Å². The fourth-order valence-corrected chi connectivity index (χ4v) is 4.00. The molecule has 1 N–H and O–H groups in total. The maximum Gasteiger partial charge on any atom is 0.220 e.